The normalized spacial score (nSPS) is 11.7. The number of halogens is 1. The lowest BCUT2D eigenvalue weighted by atomic mass is 9.94. The lowest BCUT2D eigenvalue weighted by Gasteiger charge is -2.13. The number of rotatable bonds is 1. The fourth-order valence-electron chi connectivity index (χ4n) is 0.847. The van der Waals surface area contributed by atoms with Crippen molar-refractivity contribution in [1.29, 1.82) is 0 Å². The summed E-state index contributed by atoms with van der Waals surface area (Å²) in [6.07, 6.45) is 0. The summed E-state index contributed by atoms with van der Waals surface area (Å²) in [4.78, 5) is 10.7. The number of carbonyl (C=O) groups is 1. The maximum Gasteiger partial charge on any atom is 0.287 e. The van der Waals surface area contributed by atoms with Crippen molar-refractivity contribution in [3.05, 3.63) is 23.7 Å². The van der Waals surface area contributed by atoms with Crippen molar-refractivity contribution in [2.75, 3.05) is 0 Å². The van der Waals surface area contributed by atoms with Gasteiger partial charge in [-0.25, -0.2) is 0 Å². The minimum atomic E-state index is -0.550. The third-order valence-electron chi connectivity index (χ3n) is 1.54. The molecule has 0 saturated heterocycles. The topological polar surface area (TPSA) is 30.2 Å². The van der Waals surface area contributed by atoms with Crippen LogP contribution in [0.25, 0.3) is 0 Å². The van der Waals surface area contributed by atoms with Crippen LogP contribution in [0.4, 0.5) is 0 Å². The Balaban J connectivity index is 3.00. The van der Waals surface area contributed by atoms with Crippen LogP contribution in [0.5, 0.6) is 0 Å². The number of furan rings is 1. The van der Waals surface area contributed by atoms with E-state index in [9.17, 15) is 4.79 Å². The van der Waals surface area contributed by atoms with Crippen LogP contribution in [0.2, 0.25) is 0 Å². The first-order valence-corrected chi connectivity index (χ1v) is 4.09. The van der Waals surface area contributed by atoms with E-state index in [2.05, 4.69) is 0 Å². The minimum Gasteiger partial charge on any atom is -0.456 e. The van der Waals surface area contributed by atoms with Gasteiger partial charge in [0.15, 0.2) is 5.76 Å². The lowest BCUT2D eigenvalue weighted by molar-refractivity contribution is 0.105. The molecule has 0 N–H and O–H groups in total. The summed E-state index contributed by atoms with van der Waals surface area (Å²) in [5.74, 6) is 0.980. The standard InChI is InChI=1S/C9H11ClO2/c1-9(2,3)7-5-4-6(12-7)8(10)11/h4-5H,1-3H3. The van der Waals surface area contributed by atoms with Gasteiger partial charge >= 0.3 is 0 Å². The van der Waals surface area contributed by atoms with Gasteiger partial charge in [-0.3, -0.25) is 4.79 Å². The van der Waals surface area contributed by atoms with Gasteiger partial charge in [0.2, 0.25) is 0 Å². The van der Waals surface area contributed by atoms with Crippen molar-refractivity contribution < 1.29 is 9.21 Å². The van der Waals surface area contributed by atoms with Crippen molar-refractivity contribution in [2.24, 2.45) is 0 Å². The summed E-state index contributed by atoms with van der Waals surface area (Å²) >= 11 is 5.23. The predicted octanol–water partition coefficient (Wildman–Crippen LogP) is 2.96. The maximum absolute atomic E-state index is 10.7. The molecule has 0 fully saturated rings. The predicted molar refractivity (Wildman–Crippen MR) is 47.6 cm³/mol. The molecule has 2 nitrogen and oxygen atoms in total. The van der Waals surface area contributed by atoms with Crippen molar-refractivity contribution in [3.63, 3.8) is 0 Å². The molecule has 0 aromatic carbocycles. The summed E-state index contributed by atoms with van der Waals surface area (Å²) in [6, 6.07) is 3.37. The number of hydrogen-bond acceptors (Lipinski definition) is 2. The fourth-order valence-corrected chi connectivity index (χ4v) is 0.948. The molecule has 0 amide bonds. The van der Waals surface area contributed by atoms with Crippen molar-refractivity contribution in [2.45, 2.75) is 26.2 Å². The van der Waals surface area contributed by atoms with Gasteiger partial charge in [-0.2, -0.15) is 0 Å². The van der Waals surface area contributed by atoms with Crippen LogP contribution in [0.15, 0.2) is 16.5 Å². The van der Waals surface area contributed by atoms with E-state index < -0.39 is 5.24 Å². The van der Waals surface area contributed by atoms with Crippen LogP contribution in [-0.2, 0) is 5.41 Å². The Morgan fingerprint density at radius 1 is 1.42 bits per heavy atom. The third-order valence-corrected chi connectivity index (χ3v) is 1.73. The van der Waals surface area contributed by atoms with Gasteiger partial charge in [0.25, 0.3) is 5.24 Å². The van der Waals surface area contributed by atoms with Crippen LogP contribution in [0, 0.1) is 0 Å². The molecule has 0 saturated carbocycles. The highest BCUT2D eigenvalue weighted by molar-refractivity contribution is 6.67. The highest BCUT2D eigenvalue weighted by atomic mass is 35.5. The number of carbonyl (C=O) groups excluding carboxylic acids is 1. The van der Waals surface area contributed by atoms with Gasteiger partial charge in [0.1, 0.15) is 5.76 Å². The smallest absolute Gasteiger partial charge is 0.287 e. The van der Waals surface area contributed by atoms with E-state index in [1.165, 1.54) is 0 Å². The molecule has 66 valence electrons. The summed E-state index contributed by atoms with van der Waals surface area (Å²) < 4.78 is 5.23. The Hall–Kier alpha value is -0.760. The average Bonchev–Trinajstić information content (AvgIpc) is 2.30. The monoisotopic (exact) mass is 186 g/mol. The first-order valence-electron chi connectivity index (χ1n) is 3.71. The molecule has 12 heavy (non-hydrogen) atoms. The Labute approximate surface area is 76.5 Å². The lowest BCUT2D eigenvalue weighted by Crippen LogP contribution is -2.09. The average molecular weight is 187 g/mol. The Bertz CT molecular complexity index is 294. The zero-order valence-electron chi connectivity index (χ0n) is 7.35. The molecule has 0 bridgehead atoms. The molecule has 0 aliphatic carbocycles. The summed E-state index contributed by atoms with van der Waals surface area (Å²) in [5, 5.41) is -0.550. The van der Waals surface area contributed by atoms with Crippen LogP contribution >= 0.6 is 11.6 Å². The largest absolute Gasteiger partial charge is 0.456 e. The molecule has 3 heteroatoms. The summed E-state index contributed by atoms with van der Waals surface area (Å²) in [6.45, 7) is 6.02. The van der Waals surface area contributed by atoms with Gasteiger partial charge in [-0.15, -0.1) is 0 Å². The first kappa shape index (κ1) is 9.33. The van der Waals surface area contributed by atoms with Crippen LogP contribution in [0.3, 0.4) is 0 Å². The first-order chi connectivity index (χ1) is 5.41. The third kappa shape index (κ3) is 1.89. The molecule has 1 heterocycles. The van der Waals surface area contributed by atoms with E-state index in [0.717, 1.165) is 5.76 Å². The van der Waals surface area contributed by atoms with Crippen LogP contribution in [-0.4, -0.2) is 5.24 Å². The zero-order valence-corrected chi connectivity index (χ0v) is 8.11. The van der Waals surface area contributed by atoms with E-state index in [1.807, 2.05) is 20.8 Å². The minimum absolute atomic E-state index is 0.0788. The quantitative estimate of drug-likeness (QED) is 0.632. The molecule has 1 aromatic heterocycles. The zero-order chi connectivity index (χ0) is 9.35. The van der Waals surface area contributed by atoms with E-state index in [1.54, 1.807) is 12.1 Å². The molecule has 0 aliphatic heterocycles. The SMILES string of the molecule is CC(C)(C)c1ccc(C(=O)Cl)o1. The Morgan fingerprint density at radius 2 is 2.00 bits per heavy atom. The van der Waals surface area contributed by atoms with Gasteiger partial charge < -0.3 is 4.42 Å². The summed E-state index contributed by atoms with van der Waals surface area (Å²) in [7, 11) is 0. The molecule has 0 aliphatic rings. The Kier molecular flexibility index (Phi) is 2.29. The molecular weight excluding hydrogens is 176 g/mol. The second kappa shape index (κ2) is 2.94. The molecule has 0 unspecified atom stereocenters. The van der Waals surface area contributed by atoms with E-state index >= 15 is 0 Å². The van der Waals surface area contributed by atoms with Gasteiger partial charge in [0.05, 0.1) is 0 Å². The van der Waals surface area contributed by atoms with Gasteiger partial charge in [0, 0.05) is 5.41 Å². The van der Waals surface area contributed by atoms with E-state index in [-0.39, 0.29) is 11.2 Å². The second-order valence-corrected chi connectivity index (χ2v) is 4.03. The molecule has 1 rings (SSSR count). The van der Waals surface area contributed by atoms with E-state index in [4.69, 9.17) is 16.0 Å². The van der Waals surface area contributed by atoms with Crippen molar-refractivity contribution in [3.8, 4) is 0 Å². The molecule has 1 aromatic rings. The second-order valence-electron chi connectivity index (χ2n) is 3.69. The molecule has 0 atom stereocenters. The van der Waals surface area contributed by atoms with Crippen LogP contribution < -0.4 is 0 Å². The van der Waals surface area contributed by atoms with Gasteiger partial charge in [-0.1, -0.05) is 20.8 Å². The highest BCUT2D eigenvalue weighted by Crippen LogP contribution is 2.24. The van der Waals surface area contributed by atoms with Gasteiger partial charge in [-0.05, 0) is 23.7 Å². The number of hydrogen-bond donors (Lipinski definition) is 0. The maximum atomic E-state index is 10.7. The fraction of sp³-hybridized carbons (Fsp3) is 0.444. The van der Waals surface area contributed by atoms with Crippen molar-refractivity contribution in [1.82, 2.24) is 0 Å². The Morgan fingerprint density at radius 3 is 2.25 bits per heavy atom. The van der Waals surface area contributed by atoms with Crippen molar-refractivity contribution >= 4 is 16.8 Å². The van der Waals surface area contributed by atoms with E-state index in [0.29, 0.717) is 0 Å². The van der Waals surface area contributed by atoms with Crippen LogP contribution in [0.1, 0.15) is 37.1 Å². The highest BCUT2D eigenvalue weighted by Gasteiger charge is 2.19. The summed E-state index contributed by atoms with van der Waals surface area (Å²) in [5.41, 5.74) is -0.0788. The molecule has 0 spiro atoms. The molecule has 0 radical (unpaired) electrons. The molecular formula is C9H11ClO2.